The zero-order valence-corrected chi connectivity index (χ0v) is 28.8. The molecule has 2 N–H and O–H groups in total. The molecule has 8 rings (SSSR count). The van der Waals surface area contributed by atoms with Crippen LogP contribution in [-0.2, 0) is 27.3 Å². The monoisotopic (exact) mass is 698 g/mol. The van der Waals surface area contributed by atoms with Gasteiger partial charge in [-0.1, -0.05) is 30.3 Å². The summed E-state index contributed by atoms with van der Waals surface area (Å²) in [6, 6.07) is 16.9. The van der Waals surface area contributed by atoms with E-state index < -0.39 is 6.09 Å². The fourth-order valence-electron chi connectivity index (χ4n) is 7.18. The molecule has 1 saturated carbocycles. The Morgan fingerprint density at radius 2 is 1.88 bits per heavy atom. The molecular weight excluding hydrogens is 655 g/mol. The minimum Gasteiger partial charge on any atom is -0.480 e. The largest absolute Gasteiger partial charge is 0.480 e. The molecule has 3 aromatic heterocycles. The van der Waals surface area contributed by atoms with Gasteiger partial charge in [0.25, 0.3) is 5.91 Å². The Labute approximate surface area is 296 Å². The Morgan fingerprint density at radius 1 is 1.04 bits per heavy atom. The number of nitrogens with one attached hydrogen (secondary N) is 2. The summed E-state index contributed by atoms with van der Waals surface area (Å²) < 4.78 is 38.5. The lowest BCUT2D eigenvalue weighted by Gasteiger charge is -2.56. The van der Waals surface area contributed by atoms with E-state index in [4.69, 9.17) is 18.9 Å². The number of halogens is 1. The van der Waals surface area contributed by atoms with Crippen LogP contribution in [0.4, 0.5) is 20.8 Å². The van der Waals surface area contributed by atoms with E-state index in [9.17, 15) is 9.59 Å². The van der Waals surface area contributed by atoms with Gasteiger partial charge in [-0.15, -0.1) is 0 Å². The number of rotatable bonds is 14. The lowest BCUT2D eigenvalue weighted by molar-refractivity contribution is -0.156. The summed E-state index contributed by atoms with van der Waals surface area (Å²) in [6.45, 7) is 1.73. The average Bonchev–Trinajstić information content (AvgIpc) is 3.16. The summed E-state index contributed by atoms with van der Waals surface area (Å²) in [5, 5.41) is 5.57. The van der Waals surface area contributed by atoms with Crippen molar-refractivity contribution < 1.29 is 32.9 Å². The van der Waals surface area contributed by atoms with E-state index in [-0.39, 0.29) is 36.1 Å². The molecule has 4 aromatic rings. The maximum absolute atomic E-state index is 15.3. The molecule has 0 unspecified atom stereocenters. The Balaban J connectivity index is 0.886. The number of benzene rings is 1. The van der Waals surface area contributed by atoms with Gasteiger partial charge in [0.1, 0.15) is 18.2 Å². The van der Waals surface area contributed by atoms with Crippen LogP contribution in [0.3, 0.4) is 0 Å². The van der Waals surface area contributed by atoms with Crippen molar-refractivity contribution in [2.45, 2.75) is 75.5 Å². The number of fused-ring (bicyclic) bond motifs is 5. The van der Waals surface area contributed by atoms with Gasteiger partial charge in [-0.25, -0.2) is 19.2 Å². The van der Waals surface area contributed by atoms with Crippen molar-refractivity contribution >= 4 is 34.7 Å². The summed E-state index contributed by atoms with van der Waals surface area (Å²) in [5.41, 5.74) is 2.05. The second-order valence-corrected chi connectivity index (χ2v) is 13.6. The van der Waals surface area contributed by atoms with Crippen molar-refractivity contribution in [3.05, 3.63) is 77.7 Å². The summed E-state index contributed by atoms with van der Waals surface area (Å²) >= 11 is 0. The van der Waals surface area contributed by atoms with E-state index in [0.717, 1.165) is 56.3 Å². The Bertz CT molecular complexity index is 1850. The third-order valence-corrected chi connectivity index (χ3v) is 10.4. The van der Waals surface area contributed by atoms with E-state index in [1.54, 1.807) is 6.07 Å². The molecule has 2 saturated heterocycles. The number of hydrogen-bond acceptors (Lipinski definition) is 10. The number of aromatic nitrogens is 3. The number of carbonyl (C=O) groups excluding carboxylic acids is 2. The highest BCUT2D eigenvalue weighted by atomic mass is 19.1. The Kier molecular flexibility index (Phi) is 10.2. The van der Waals surface area contributed by atoms with Crippen LogP contribution in [0.25, 0.3) is 11.0 Å². The molecule has 1 aliphatic carbocycles. The molecule has 3 aliphatic heterocycles. The molecule has 6 heterocycles. The van der Waals surface area contributed by atoms with E-state index >= 15 is 4.39 Å². The maximum atomic E-state index is 15.3. The average molecular weight is 699 g/mol. The molecule has 0 spiro atoms. The first-order valence-electron chi connectivity index (χ1n) is 17.6. The van der Waals surface area contributed by atoms with Crippen LogP contribution >= 0.6 is 0 Å². The summed E-state index contributed by atoms with van der Waals surface area (Å²) in [4.78, 5) is 39.5. The first-order chi connectivity index (χ1) is 24.8. The van der Waals surface area contributed by atoms with Gasteiger partial charge in [0.15, 0.2) is 18.2 Å². The SMILES string of the molecule is CN(c1ccc2c(n1)NC(=O)CO2)C12CCC(CCc3c(F)cnc4ccc(OCCCCCNC(=O)OCc5ccccc5)nc34)(CC1)OC2. The van der Waals surface area contributed by atoms with Crippen molar-refractivity contribution in [2.24, 2.45) is 0 Å². The highest BCUT2D eigenvalue weighted by Gasteiger charge is 2.52. The summed E-state index contributed by atoms with van der Waals surface area (Å²) in [5.74, 6) is 1.58. The van der Waals surface area contributed by atoms with Crippen molar-refractivity contribution in [3.8, 4) is 11.6 Å². The Hall–Kier alpha value is -5.04. The maximum Gasteiger partial charge on any atom is 0.407 e. The molecule has 268 valence electrons. The van der Waals surface area contributed by atoms with Crippen LogP contribution in [0.5, 0.6) is 11.6 Å². The zero-order chi connectivity index (χ0) is 35.3. The number of pyridine rings is 3. The van der Waals surface area contributed by atoms with Gasteiger partial charge in [-0.2, -0.15) is 0 Å². The second-order valence-electron chi connectivity index (χ2n) is 13.6. The highest BCUT2D eigenvalue weighted by Crippen LogP contribution is 2.49. The summed E-state index contributed by atoms with van der Waals surface area (Å²) in [6.07, 6.45) is 7.91. The minimum atomic E-state index is -0.432. The smallest absolute Gasteiger partial charge is 0.407 e. The standard InChI is InChI=1S/C38H43FN6O6/c1-45(31-12-11-30-35(42-31)43-32(46)24-49-30)37-16-18-38(19-17-37,51-25-37)15-14-27-28(39)22-41-29-10-13-33(44-34(27)29)48-21-7-3-6-20-40-36(47)50-23-26-8-4-2-5-9-26/h2,4-5,8-13,22H,3,6-7,14-21,23-25H2,1H3,(H,40,47)(H,42,43,46). The first kappa shape index (κ1) is 34.4. The molecule has 13 heteroatoms. The van der Waals surface area contributed by atoms with E-state index in [1.807, 2.05) is 55.6 Å². The number of anilines is 2. The van der Waals surface area contributed by atoms with Gasteiger partial charge in [0.05, 0.1) is 41.6 Å². The van der Waals surface area contributed by atoms with Crippen LogP contribution in [-0.4, -0.2) is 71.5 Å². The number of alkyl carbamates (subject to hydrolysis) is 1. The van der Waals surface area contributed by atoms with Crippen LogP contribution < -0.4 is 25.0 Å². The first-order valence-corrected chi connectivity index (χ1v) is 17.6. The fourth-order valence-corrected chi connectivity index (χ4v) is 7.18. The van der Waals surface area contributed by atoms with Crippen LogP contribution in [0.2, 0.25) is 0 Å². The molecule has 3 fully saturated rings. The number of carbonyl (C=O) groups is 2. The Morgan fingerprint density at radius 3 is 2.69 bits per heavy atom. The molecule has 1 aromatic carbocycles. The van der Waals surface area contributed by atoms with Crippen molar-refractivity contribution in [1.82, 2.24) is 20.3 Å². The molecule has 2 amide bonds. The number of amides is 2. The van der Waals surface area contributed by atoms with E-state index in [0.29, 0.717) is 66.6 Å². The third kappa shape index (κ3) is 7.83. The zero-order valence-electron chi connectivity index (χ0n) is 28.8. The number of aryl methyl sites for hydroxylation is 1. The van der Waals surface area contributed by atoms with Crippen molar-refractivity contribution in [2.75, 3.05) is 43.6 Å². The number of likely N-dealkylation sites (N-methyl/N-ethyl adjacent to an activating group) is 1. The van der Waals surface area contributed by atoms with Gasteiger partial charge in [-0.3, -0.25) is 9.78 Å². The van der Waals surface area contributed by atoms with Crippen LogP contribution in [0.15, 0.2) is 60.8 Å². The van der Waals surface area contributed by atoms with Crippen LogP contribution in [0.1, 0.15) is 62.5 Å². The van der Waals surface area contributed by atoms with Gasteiger partial charge >= 0.3 is 6.09 Å². The molecular formula is C38H43FN6O6. The lowest BCUT2D eigenvalue weighted by atomic mass is 9.68. The number of unbranched alkanes of at least 4 members (excludes halogenated alkanes) is 2. The normalized spacial score (nSPS) is 20.6. The molecule has 2 bridgehead atoms. The molecule has 4 aliphatic rings. The highest BCUT2D eigenvalue weighted by molar-refractivity contribution is 5.94. The number of nitrogens with zero attached hydrogens (tertiary/aromatic N) is 4. The van der Waals surface area contributed by atoms with E-state index in [2.05, 4.69) is 30.5 Å². The molecule has 12 nitrogen and oxygen atoms in total. The molecule has 0 atom stereocenters. The van der Waals surface area contributed by atoms with Gasteiger partial charge < -0.3 is 34.5 Å². The van der Waals surface area contributed by atoms with E-state index in [1.165, 1.54) is 6.20 Å². The number of hydrogen-bond donors (Lipinski definition) is 2. The van der Waals surface area contributed by atoms with Crippen molar-refractivity contribution in [3.63, 3.8) is 0 Å². The fraction of sp³-hybridized carbons (Fsp3) is 0.447. The predicted molar refractivity (Wildman–Crippen MR) is 188 cm³/mol. The molecule has 0 radical (unpaired) electrons. The van der Waals surface area contributed by atoms with Crippen molar-refractivity contribution in [1.29, 1.82) is 0 Å². The third-order valence-electron chi connectivity index (χ3n) is 10.4. The van der Waals surface area contributed by atoms with Crippen LogP contribution in [0, 0.1) is 5.82 Å². The predicted octanol–water partition coefficient (Wildman–Crippen LogP) is 6.12. The number of ether oxygens (including phenoxy) is 4. The quantitative estimate of drug-likeness (QED) is 0.148. The lowest BCUT2D eigenvalue weighted by Crippen LogP contribution is -2.62. The van der Waals surface area contributed by atoms with Gasteiger partial charge in [0, 0.05) is 25.2 Å². The minimum absolute atomic E-state index is 0.00828. The molecule has 51 heavy (non-hydrogen) atoms. The van der Waals surface area contributed by atoms with Gasteiger partial charge in [0.2, 0.25) is 5.88 Å². The van der Waals surface area contributed by atoms with Gasteiger partial charge in [-0.05, 0) is 81.5 Å². The summed E-state index contributed by atoms with van der Waals surface area (Å²) in [7, 11) is 2.02. The second kappa shape index (κ2) is 15.1. The topological polar surface area (TPSA) is 137 Å².